The Labute approximate surface area is 198 Å². The average Bonchev–Trinajstić information content (AvgIpc) is 3.53. The predicted octanol–water partition coefficient (Wildman–Crippen LogP) is 3.25. The maximum atomic E-state index is 12.8. The number of carbonyl (C=O) groups is 2. The van der Waals surface area contributed by atoms with Crippen molar-refractivity contribution >= 4 is 17.6 Å². The van der Waals surface area contributed by atoms with Crippen LogP contribution in [-0.4, -0.2) is 50.6 Å². The zero-order chi connectivity index (χ0) is 24.9. The van der Waals surface area contributed by atoms with Gasteiger partial charge in [0.1, 0.15) is 29.4 Å². The molecule has 2 aromatic heterocycles. The average molecular weight is 477 g/mol. The number of para-hydroxylation sites is 2. The molecule has 4 rings (SSSR count). The Hall–Kier alpha value is -5.00. The third kappa shape index (κ3) is 4.57. The highest BCUT2D eigenvalue weighted by molar-refractivity contribution is 6.07. The number of aromatic nitrogens is 4. The summed E-state index contributed by atoms with van der Waals surface area (Å²) < 4.78 is 18.3. The van der Waals surface area contributed by atoms with Gasteiger partial charge < -0.3 is 14.2 Å². The van der Waals surface area contributed by atoms with Gasteiger partial charge in [0.05, 0.1) is 24.8 Å². The van der Waals surface area contributed by atoms with Gasteiger partial charge in [-0.2, -0.15) is 10.2 Å². The summed E-state index contributed by atoms with van der Waals surface area (Å²) >= 11 is 0. The lowest BCUT2D eigenvalue weighted by molar-refractivity contribution is -0.385. The van der Waals surface area contributed by atoms with Crippen LogP contribution in [0.5, 0.6) is 5.75 Å². The molecule has 0 fully saturated rings. The third-order valence-corrected chi connectivity index (χ3v) is 4.98. The topological polar surface area (TPSA) is 141 Å². The number of benzene rings is 2. The van der Waals surface area contributed by atoms with Gasteiger partial charge in [-0.3, -0.25) is 10.1 Å². The molecule has 0 amide bonds. The second kappa shape index (κ2) is 9.87. The summed E-state index contributed by atoms with van der Waals surface area (Å²) in [6, 6.07) is 15.5. The zero-order valence-electron chi connectivity index (χ0n) is 18.7. The van der Waals surface area contributed by atoms with Crippen LogP contribution in [0.2, 0.25) is 0 Å². The molecule has 35 heavy (non-hydrogen) atoms. The van der Waals surface area contributed by atoms with Gasteiger partial charge in [-0.15, -0.1) is 0 Å². The standard InChI is InChI=1S/C23H19N5O7/c1-33-22(29)19-20(25-27(21(19)23(30)34-2)15-8-4-3-5-9-15)17-10-6-7-11-18(17)35-14-26-13-16(12-24-26)28(31)32/h3-13H,14H2,1-2H3. The maximum Gasteiger partial charge on any atom is 0.357 e. The molecule has 2 heterocycles. The Morgan fingerprint density at radius 2 is 1.69 bits per heavy atom. The van der Waals surface area contributed by atoms with E-state index in [1.54, 1.807) is 54.6 Å². The molecule has 0 saturated carbocycles. The van der Waals surface area contributed by atoms with E-state index in [0.717, 1.165) is 6.20 Å². The van der Waals surface area contributed by atoms with E-state index in [-0.39, 0.29) is 29.4 Å². The molecule has 0 saturated heterocycles. The van der Waals surface area contributed by atoms with E-state index in [4.69, 9.17) is 14.2 Å². The first-order valence-electron chi connectivity index (χ1n) is 10.2. The molecule has 12 nitrogen and oxygen atoms in total. The van der Waals surface area contributed by atoms with E-state index >= 15 is 0 Å². The lowest BCUT2D eigenvalue weighted by Crippen LogP contribution is -2.15. The first-order chi connectivity index (χ1) is 16.9. The van der Waals surface area contributed by atoms with Crippen LogP contribution in [0.4, 0.5) is 5.69 Å². The van der Waals surface area contributed by atoms with Crippen LogP contribution in [0.15, 0.2) is 67.0 Å². The monoisotopic (exact) mass is 477 g/mol. The normalized spacial score (nSPS) is 10.6. The number of hydrogen-bond donors (Lipinski definition) is 0. The molecular weight excluding hydrogens is 458 g/mol. The number of ether oxygens (including phenoxy) is 3. The quantitative estimate of drug-likeness (QED) is 0.212. The van der Waals surface area contributed by atoms with Crippen molar-refractivity contribution in [3.8, 4) is 22.7 Å². The highest BCUT2D eigenvalue weighted by atomic mass is 16.6. The molecule has 0 aliphatic heterocycles. The van der Waals surface area contributed by atoms with Gasteiger partial charge in [0.2, 0.25) is 0 Å². The van der Waals surface area contributed by atoms with Crippen molar-refractivity contribution in [1.29, 1.82) is 0 Å². The fraction of sp³-hybridized carbons (Fsp3) is 0.130. The van der Waals surface area contributed by atoms with Gasteiger partial charge in [-0.05, 0) is 24.3 Å². The first-order valence-corrected chi connectivity index (χ1v) is 10.2. The molecule has 0 aliphatic rings. The van der Waals surface area contributed by atoms with E-state index in [9.17, 15) is 19.7 Å². The Balaban J connectivity index is 1.83. The minimum absolute atomic E-state index is 0.103. The number of hydrogen-bond acceptors (Lipinski definition) is 9. The number of nitro groups is 1. The minimum atomic E-state index is -0.792. The number of nitrogens with zero attached hydrogens (tertiary/aromatic N) is 5. The fourth-order valence-electron chi connectivity index (χ4n) is 3.38. The molecular formula is C23H19N5O7. The van der Waals surface area contributed by atoms with Gasteiger partial charge in [0, 0.05) is 5.56 Å². The van der Waals surface area contributed by atoms with Crippen molar-refractivity contribution in [2.75, 3.05) is 14.2 Å². The first kappa shape index (κ1) is 23.2. The molecule has 0 aliphatic carbocycles. The Kier molecular flexibility index (Phi) is 6.53. The summed E-state index contributed by atoms with van der Waals surface area (Å²) in [5.74, 6) is -1.28. The lowest BCUT2D eigenvalue weighted by atomic mass is 10.0. The molecule has 0 radical (unpaired) electrons. The SMILES string of the molecule is COC(=O)c1c(-c2ccccc2OCn2cc([N+](=O)[O-])cn2)nn(-c2ccccc2)c1C(=O)OC. The summed E-state index contributed by atoms with van der Waals surface area (Å²) in [6.07, 6.45) is 2.33. The van der Waals surface area contributed by atoms with Gasteiger partial charge >= 0.3 is 17.6 Å². The zero-order valence-corrected chi connectivity index (χ0v) is 18.7. The summed E-state index contributed by atoms with van der Waals surface area (Å²) in [6.45, 7) is -0.151. The highest BCUT2D eigenvalue weighted by Crippen LogP contribution is 2.35. The van der Waals surface area contributed by atoms with Crippen LogP contribution < -0.4 is 4.74 Å². The summed E-state index contributed by atoms with van der Waals surface area (Å²) in [5.41, 5.74) is 0.635. The molecule has 4 aromatic rings. The van der Waals surface area contributed by atoms with Crippen molar-refractivity contribution in [1.82, 2.24) is 19.6 Å². The van der Waals surface area contributed by atoms with Crippen LogP contribution in [0.1, 0.15) is 20.8 Å². The predicted molar refractivity (Wildman–Crippen MR) is 121 cm³/mol. The Bertz CT molecular complexity index is 1390. The summed E-state index contributed by atoms with van der Waals surface area (Å²) in [4.78, 5) is 35.9. The van der Waals surface area contributed by atoms with Crippen LogP contribution in [-0.2, 0) is 16.2 Å². The van der Waals surface area contributed by atoms with Crippen LogP contribution in [0, 0.1) is 10.1 Å². The van der Waals surface area contributed by atoms with Gasteiger partial charge in [0.25, 0.3) is 0 Å². The highest BCUT2D eigenvalue weighted by Gasteiger charge is 2.32. The Morgan fingerprint density at radius 1 is 1.00 bits per heavy atom. The molecule has 0 spiro atoms. The fourth-order valence-corrected chi connectivity index (χ4v) is 3.38. The van der Waals surface area contributed by atoms with Crippen molar-refractivity contribution in [3.63, 3.8) is 0 Å². The number of esters is 2. The number of rotatable bonds is 8. The smallest absolute Gasteiger partial charge is 0.357 e. The largest absolute Gasteiger partial charge is 0.471 e. The second-order valence-electron chi connectivity index (χ2n) is 7.07. The second-order valence-corrected chi connectivity index (χ2v) is 7.07. The Morgan fingerprint density at radius 3 is 2.34 bits per heavy atom. The van der Waals surface area contributed by atoms with Crippen molar-refractivity contribution < 1.29 is 28.7 Å². The van der Waals surface area contributed by atoms with Crippen LogP contribution in [0.3, 0.4) is 0 Å². The lowest BCUT2D eigenvalue weighted by Gasteiger charge is -2.11. The molecule has 0 N–H and O–H groups in total. The molecule has 0 bridgehead atoms. The van der Waals surface area contributed by atoms with Gasteiger partial charge in [0.15, 0.2) is 12.4 Å². The third-order valence-electron chi connectivity index (χ3n) is 4.98. The van der Waals surface area contributed by atoms with E-state index in [2.05, 4.69) is 10.2 Å². The van der Waals surface area contributed by atoms with Crippen LogP contribution in [0.25, 0.3) is 16.9 Å². The molecule has 0 unspecified atom stereocenters. The van der Waals surface area contributed by atoms with Crippen molar-refractivity contribution in [3.05, 3.63) is 88.4 Å². The van der Waals surface area contributed by atoms with E-state index in [1.165, 1.54) is 29.8 Å². The van der Waals surface area contributed by atoms with Crippen molar-refractivity contribution in [2.45, 2.75) is 6.73 Å². The molecule has 2 aromatic carbocycles. The van der Waals surface area contributed by atoms with E-state index in [1.807, 2.05) is 0 Å². The van der Waals surface area contributed by atoms with Gasteiger partial charge in [-0.25, -0.2) is 19.0 Å². The molecule has 12 heteroatoms. The summed E-state index contributed by atoms with van der Waals surface area (Å²) in [5, 5.41) is 19.4. The molecule has 178 valence electrons. The minimum Gasteiger partial charge on any atom is -0.471 e. The summed E-state index contributed by atoms with van der Waals surface area (Å²) in [7, 11) is 2.39. The van der Waals surface area contributed by atoms with Gasteiger partial charge in [-0.1, -0.05) is 30.3 Å². The van der Waals surface area contributed by atoms with E-state index < -0.39 is 16.9 Å². The van der Waals surface area contributed by atoms with E-state index in [0.29, 0.717) is 17.0 Å². The van der Waals surface area contributed by atoms with Crippen molar-refractivity contribution in [2.24, 2.45) is 0 Å². The number of methoxy groups -OCH3 is 2. The van der Waals surface area contributed by atoms with Crippen LogP contribution >= 0.6 is 0 Å². The maximum absolute atomic E-state index is 12.8. The molecule has 0 atom stereocenters. The number of carbonyl (C=O) groups excluding carboxylic acids is 2.